The molecule has 1 fully saturated rings. The number of hydrogen-bond donors (Lipinski definition) is 1. The predicted molar refractivity (Wildman–Crippen MR) is 154 cm³/mol. The van der Waals surface area contributed by atoms with E-state index in [4.69, 9.17) is 14.7 Å². The van der Waals surface area contributed by atoms with Gasteiger partial charge in [-0.05, 0) is 63.6 Å². The molecule has 6 rings (SSSR count). The van der Waals surface area contributed by atoms with Crippen LogP contribution in [0.2, 0.25) is 0 Å². The minimum atomic E-state index is -3.36. The molecule has 2 aromatic carbocycles. The molecule has 0 aliphatic carbocycles. The second kappa shape index (κ2) is 9.42. The molecule has 0 unspecified atom stereocenters. The Kier molecular flexibility index (Phi) is 6.23. The Bertz CT molecular complexity index is 1740. The number of carbonyl (C=O) groups excluding carboxylic acids is 1. The normalized spacial score (nSPS) is 18.8. The number of aryl methyl sites for hydroxylation is 1. The van der Waals surface area contributed by atoms with Gasteiger partial charge in [0.25, 0.3) is 5.91 Å². The highest BCUT2D eigenvalue weighted by atomic mass is 32.2. The van der Waals surface area contributed by atoms with Crippen LogP contribution in [0, 0.1) is 6.92 Å². The summed E-state index contributed by atoms with van der Waals surface area (Å²) < 4.78 is 29.6. The van der Waals surface area contributed by atoms with E-state index in [1.54, 1.807) is 17.0 Å². The van der Waals surface area contributed by atoms with E-state index in [0.29, 0.717) is 37.7 Å². The zero-order valence-corrected chi connectivity index (χ0v) is 24.2. The van der Waals surface area contributed by atoms with Crippen molar-refractivity contribution in [3.05, 3.63) is 71.0 Å². The fourth-order valence-electron chi connectivity index (χ4n) is 5.83. The van der Waals surface area contributed by atoms with Gasteiger partial charge in [0.1, 0.15) is 5.82 Å². The molecule has 9 nitrogen and oxygen atoms in total. The van der Waals surface area contributed by atoms with Gasteiger partial charge in [0.05, 0.1) is 41.9 Å². The van der Waals surface area contributed by atoms with Gasteiger partial charge in [0.15, 0.2) is 15.7 Å². The molecule has 208 valence electrons. The van der Waals surface area contributed by atoms with Crippen LogP contribution in [0.4, 0.5) is 5.82 Å². The van der Waals surface area contributed by atoms with Crippen molar-refractivity contribution in [3.8, 4) is 11.4 Å². The molecule has 1 saturated heterocycles. The van der Waals surface area contributed by atoms with Gasteiger partial charge in [-0.15, -0.1) is 0 Å². The first-order valence-corrected chi connectivity index (χ1v) is 15.3. The lowest BCUT2D eigenvalue weighted by molar-refractivity contribution is 0.0570. The van der Waals surface area contributed by atoms with Crippen molar-refractivity contribution in [1.29, 1.82) is 0 Å². The number of ether oxygens (including phenoxy) is 1. The number of H-pyrrole nitrogens is 1. The number of nitrogens with one attached hydrogen (secondary N) is 1. The van der Waals surface area contributed by atoms with Gasteiger partial charge < -0.3 is 19.5 Å². The van der Waals surface area contributed by atoms with Gasteiger partial charge in [-0.2, -0.15) is 0 Å². The predicted octanol–water partition coefficient (Wildman–Crippen LogP) is 4.45. The number of carbonyl (C=O) groups is 1. The van der Waals surface area contributed by atoms with Gasteiger partial charge in [-0.3, -0.25) is 4.79 Å². The molecule has 2 aliphatic rings. The second-order valence-electron chi connectivity index (χ2n) is 11.3. The number of aromatic nitrogens is 3. The number of anilines is 1. The monoisotopic (exact) mass is 559 g/mol. The Morgan fingerprint density at radius 2 is 1.85 bits per heavy atom. The van der Waals surface area contributed by atoms with Crippen molar-refractivity contribution < 1.29 is 17.9 Å². The van der Waals surface area contributed by atoms with E-state index in [0.717, 1.165) is 45.4 Å². The lowest BCUT2D eigenvalue weighted by Gasteiger charge is -2.35. The van der Waals surface area contributed by atoms with E-state index in [2.05, 4.69) is 35.9 Å². The summed E-state index contributed by atoms with van der Waals surface area (Å²) in [7, 11) is -3.36. The average Bonchev–Trinajstić information content (AvgIpc) is 3.52. The topological polar surface area (TPSA) is 108 Å². The highest BCUT2D eigenvalue weighted by molar-refractivity contribution is 7.90. The van der Waals surface area contributed by atoms with E-state index >= 15 is 0 Å². The molecule has 4 aromatic rings. The molecule has 10 heteroatoms. The van der Waals surface area contributed by atoms with E-state index in [-0.39, 0.29) is 16.8 Å². The summed E-state index contributed by atoms with van der Waals surface area (Å²) in [5.74, 6) is 1.27. The fraction of sp³-hybridized carbons (Fsp3) is 0.367. The molecule has 2 aliphatic heterocycles. The maximum atomic E-state index is 13.9. The van der Waals surface area contributed by atoms with Gasteiger partial charge in [0, 0.05) is 46.6 Å². The summed E-state index contributed by atoms with van der Waals surface area (Å²) in [6, 6.07) is 12.4. The van der Waals surface area contributed by atoms with Gasteiger partial charge in [-0.1, -0.05) is 12.1 Å². The number of aromatic amines is 1. The standard InChI is InChI=1S/C30H33N5O4S/c1-18-6-11-23(22-12-13-31-25(18)22)27-32-26-24(28(33-27)34-14-15-39-17-19(34)2)16-35(30(26,3)4)29(36)20-7-9-21(10-8-20)40(5,37)38/h6-13,19,31H,14-17H2,1-5H3/t19-/m1/s1. The highest BCUT2D eigenvalue weighted by Crippen LogP contribution is 2.44. The molecule has 0 radical (unpaired) electrons. The third-order valence-corrected chi connectivity index (χ3v) is 9.27. The summed E-state index contributed by atoms with van der Waals surface area (Å²) in [4.78, 5) is 31.7. The third kappa shape index (κ3) is 4.26. The number of sulfone groups is 1. The van der Waals surface area contributed by atoms with Gasteiger partial charge in [-0.25, -0.2) is 18.4 Å². The Balaban J connectivity index is 1.48. The van der Waals surface area contributed by atoms with Crippen molar-refractivity contribution in [1.82, 2.24) is 19.9 Å². The molecule has 0 saturated carbocycles. The first-order chi connectivity index (χ1) is 19.0. The number of nitrogens with zero attached hydrogens (tertiary/aromatic N) is 4. The molecule has 40 heavy (non-hydrogen) atoms. The van der Waals surface area contributed by atoms with Crippen LogP contribution in [0.3, 0.4) is 0 Å². The maximum absolute atomic E-state index is 13.9. The molecule has 0 spiro atoms. The average molecular weight is 560 g/mol. The van der Waals surface area contributed by atoms with Crippen LogP contribution >= 0.6 is 0 Å². The van der Waals surface area contributed by atoms with Crippen molar-refractivity contribution in [2.75, 3.05) is 30.9 Å². The van der Waals surface area contributed by atoms with Crippen LogP contribution in [0.5, 0.6) is 0 Å². The molecule has 2 aromatic heterocycles. The summed E-state index contributed by atoms with van der Waals surface area (Å²) >= 11 is 0. The SMILES string of the molecule is Cc1ccc(-c2nc(N3CCOC[C@H]3C)c3c(n2)C(C)(C)N(C(=O)c2ccc(S(C)(=O)=O)cc2)C3)c2cc[nH]c12. The summed E-state index contributed by atoms with van der Waals surface area (Å²) in [5, 5.41) is 1.05. The number of benzene rings is 2. The number of fused-ring (bicyclic) bond motifs is 2. The molecule has 1 N–H and O–H groups in total. The quantitative estimate of drug-likeness (QED) is 0.393. The second-order valence-corrected chi connectivity index (χ2v) is 13.3. The smallest absolute Gasteiger partial charge is 0.254 e. The highest BCUT2D eigenvalue weighted by Gasteiger charge is 2.45. The minimum absolute atomic E-state index is 0.113. The van der Waals surface area contributed by atoms with E-state index < -0.39 is 15.4 Å². The van der Waals surface area contributed by atoms with Gasteiger partial charge >= 0.3 is 0 Å². The zero-order chi connectivity index (χ0) is 28.4. The van der Waals surface area contributed by atoms with E-state index in [1.165, 1.54) is 12.1 Å². The Labute approximate surface area is 234 Å². The van der Waals surface area contributed by atoms with E-state index in [9.17, 15) is 13.2 Å². The third-order valence-electron chi connectivity index (χ3n) is 8.14. The molecule has 1 atom stereocenters. The van der Waals surface area contributed by atoms with Crippen molar-refractivity contribution >= 4 is 32.5 Å². The number of hydrogen-bond acceptors (Lipinski definition) is 7. The molecule has 1 amide bonds. The first-order valence-electron chi connectivity index (χ1n) is 13.4. The Morgan fingerprint density at radius 3 is 2.55 bits per heavy atom. The number of amides is 1. The van der Waals surface area contributed by atoms with Crippen LogP contribution in [-0.2, 0) is 26.7 Å². The summed E-state index contributed by atoms with van der Waals surface area (Å²) in [6.07, 6.45) is 3.09. The van der Waals surface area contributed by atoms with Crippen LogP contribution in [-0.4, -0.2) is 66.2 Å². The van der Waals surface area contributed by atoms with Crippen LogP contribution in [0.25, 0.3) is 22.3 Å². The molecule has 4 heterocycles. The fourth-order valence-corrected chi connectivity index (χ4v) is 6.46. The summed E-state index contributed by atoms with van der Waals surface area (Å²) in [6.45, 7) is 10.4. The molecular formula is C30H33N5O4S. The molecular weight excluding hydrogens is 526 g/mol. The van der Waals surface area contributed by atoms with Gasteiger partial charge in [0.2, 0.25) is 0 Å². The minimum Gasteiger partial charge on any atom is -0.377 e. The zero-order valence-electron chi connectivity index (χ0n) is 23.4. The Hall–Kier alpha value is -3.76. The largest absolute Gasteiger partial charge is 0.377 e. The summed E-state index contributed by atoms with van der Waals surface area (Å²) in [5.41, 5.74) is 4.57. The molecule has 0 bridgehead atoms. The van der Waals surface area contributed by atoms with Crippen LogP contribution in [0.15, 0.2) is 53.6 Å². The van der Waals surface area contributed by atoms with Crippen LogP contribution < -0.4 is 4.90 Å². The van der Waals surface area contributed by atoms with Crippen molar-refractivity contribution in [2.24, 2.45) is 0 Å². The lowest BCUT2D eigenvalue weighted by atomic mass is 9.98. The van der Waals surface area contributed by atoms with Crippen molar-refractivity contribution in [2.45, 2.75) is 50.7 Å². The first kappa shape index (κ1) is 26.5. The Morgan fingerprint density at radius 1 is 1.10 bits per heavy atom. The number of rotatable bonds is 4. The van der Waals surface area contributed by atoms with Crippen molar-refractivity contribution in [3.63, 3.8) is 0 Å². The van der Waals surface area contributed by atoms with E-state index in [1.807, 2.05) is 26.1 Å². The maximum Gasteiger partial charge on any atom is 0.254 e. The number of morpholine rings is 1. The van der Waals surface area contributed by atoms with Crippen LogP contribution in [0.1, 0.15) is 48.0 Å². The lowest BCUT2D eigenvalue weighted by Crippen LogP contribution is -2.44.